The number of fused-ring (bicyclic) bond motifs is 3. The molecule has 1 atom stereocenters. The Hall–Kier alpha value is -2.93. The first-order chi connectivity index (χ1) is 13.5. The van der Waals surface area contributed by atoms with Crippen LogP contribution in [-0.2, 0) is 0 Å². The van der Waals surface area contributed by atoms with Gasteiger partial charge in [-0.3, -0.25) is 4.79 Å². The van der Waals surface area contributed by atoms with E-state index in [2.05, 4.69) is 20.5 Å². The van der Waals surface area contributed by atoms with Crippen molar-refractivity contribution >= 4 is 23.4 Å². The molecule has 146 valence electrons. The van der Waals surface area contributed by atoms with E-state index in [-0.39, 0.29) is 23.3 Å². The summed E-state index contributed by atoms with van der Waals surface area (Å²) in [5.74, 6) is -0.328. The van der Waals surface area contributed by atoms with Crippen LogP contribution < -0.4 is 10.6 Å². The van der Waals surface area contributed by atoms with E-state index < -0.39 is 5.97 Å². The number of hydrogen-bond donors (Lipinski definition) is 3. The summed E-state index contributed by atoms with van der Waals surface area (Å²) < 4.78 is 0. The number of hydrogen-bond acceptors (Lipinski definition) is 5. The van der Waals surface area contributed by atoms with Gasteiger partial charge in [-0.25, -0.2) is 9.78 Å². The number of amides is 1. The van der Waals surface area contributed by atoms with Crippen LogP contribution in [0.15, 0.2) is 36.5 Å². The van der Waals surface area contributed by atoms with Crippen molar-refractivity contribution in [3.8, 4) is 0 Å². The Balaban J connectivity index is 1.49. The largest absolute Gasteiger partial charge is 0.478 e. The fourth-order valence-electron chi connectivity index (χ4n) is 4.09. The molecule has 1 amide bonds. The smallest absolute Gasteiger partial charge is 0.339 e. The topological polar surface area (TPSA) is 94.6 Å². The van der Waals surface area contributed by atoms with Crippen molar-refractivity contribution in [2.75, 3.05) is 25.0 Å². The van der Waals surface area contributed by atoms with Crippen molar-refractivity contribution in [3.63, 3.8) is 0 Å². The Morgan fingerprint density at radius 3 is 2.68 bits per heavy atom. The van der Waals surface area contributed by atoms with Crippen LogP contribution in [0.1, 0.15) is 39.1 Å². The summed E-state index contributed by atoms with van der Waals surface area (Å²) in [6.45, 7) is 4.98. The lowest BCUT2D eigenvalue weighted by Crippen LogP contribution is -2.57. The van der Waals surface area contributed by atoms with Gasteiger partial charge in [0.25, 0.3) is 5.91 Å². The number of benzene rings is 1. The number of aromatic carboxylic acids is 1. The van der Waals surface area contributed by atoms with Crippen LogP contribution in [-0.4, -0.2) is 52.5 Å². The summed E-state index contributed by atoms with van der Waals surface area (Å²) in [4.78, 5) is 30.8. The minimum Gasteiger partial charge on any atom is -0.478 e. The number of piperidine rings is 3. The van der Waals surface area contributed by atoms with Crippen LogP contribution in [0, 0.1) is 12.8 Å². The molecule has 5 rings (SSSR count). The highest BCUT2D eigenvalue weighted by Crippen LogP contribution is 2.28. The van der Waals surface area contributed by atoms with Gasteiger partial charge in [-0.2, -0.15) is 0 Å². The number of aromatic nitrogens is 1. The van der Waals surface area contributed by atoms with Crippen molar-refractivity contribution in [3.05, 3.63) is 53.2 Å². The van der Waals surface area contributed by atoms with E-state index in [9.17, 15) is 14.7 Å². The third-order valence-corrected chi connectivity index (χ3v) is 5.61. The van der Waals surface area contributed by atoms with E-state index >= 15 is 0 Å². The molecule has 1 aromatic heterocycles. The number of anilines is 2. The Kier molecular flexibility index (Phi) is 5.00. The Bertz CT molecular complexity index is 906. The van der Waals surface area contributed by atoms with Crippen molar-refractivity contribution < 1.29 is 14.7 Å². The van der Waals surface area contributed by atoms with Crippen LogP contribution in [0.5, 0.6) is 0 Å². The van der Waals surface area contributed by atoms with Gasteiger partial charge < -0.3 is 20.6 Å². The standard InChI is InChI=1S/C21H24N4O3/c1-13-9-17(21(27)28)19(22-11-13)23-16-4-2-3-15(10-16)20(26)24-18-12-25-7-5-14(18)6-8-25/h2-4,9-11,14,18H,5-8,12H2,1H3,(H,22,23)(H,24,26)(H,27,28). The number of carboxylic acids is 1. The van der Waals surface area contributed by atoms with E-state index in [1.807, 2.05) is 0 Å². The Morgan fingerprint density at radius 1 is 1.21 bits per heavy atom. The summed E-state index contributed by atoms with van der Waals surface area (Å²) >= 11 is 0. The van der Waals surface area contributed by atoms with E-state index in [1.165, 1.54) is 0 Å². The molecule has 3 saturated heterocycles. The monoisotopic (exact) mass is 380 g/mol. The van der Waals surface area contributed by atoms with Crippen molar-refractivity contribution in [2.24, 2.45) is 5.92 Å². The maximum absolute atomic E-state index is 12.7. The number of carboxylic acid groups (broad SMARTS) is 1. The molecule has 7 nitrogen and oxygen atoms in total. The number of rotatable bonds is 5. The SMILES string of the molecule is Cc1cnc(Nc2cccc(C(=O)NC3CN4CCC3CC4)c2)c(C(=O)O)c1. The number of nitrogens with zero attached hydrogens (tertiary/aromatic N) is 2. The molecular weight excluding hydrogens is 356 g/mol. The molecular formula is C21H24N4O3. The maximum Gasteiger partial charge on any atom is 0.339 e. The number of pyridine rings is 1. The highest BCUT2D eigenvalue weighted by Gasteiger charge is 2.34. The van der Waals surface area contributed by atoms with Crippen LogP contribution in [0.3, 0.4) is 0 Å². The normalized spacial score (nSPS) is 23.2. The molecule has 1 aromatic carbocycles. The van der Waals surface area contributed by atoms with Gasteiger partial charge in [-0.15, -0.1) is 0 Å². The second-order valence-corrected chi connectivity index (χ2v) is 7.64. The van der Waals surface area contributed by atoms with E-state index in [0.717, 1.165) is 38.0 Å². The summed E-state index contributed by atoms with van der Waals surface area (Å²) in [6, 6.07) is 8.83. The zero-order chi connectivity index (χ0) is 19.7. The first-order valence-electron chi connectivity index (χ1n) is 9.60. The van der Waals surface area contributed by atoms with Gasteiger partial charge in [-0.1, -0.05) is 6.07 Å². The zero-order valence-corrected chi connectivity index (χ0v) is 15.8. The van der Waals surface area contributed by atoms with Crippen molar-refractivity contribution in [2.45, 2.75) is 25.8 Å². The molecule has 1 unspecified atom stereocenters. The summed E-state index contributed by atoms with van der Waals surface area (Å²) in [5.41, 5.74) is 2.04. The summed E-state index contributed by atoms with van der Waals surface area (Å²) in [6.07, 6.45) is 3.89. The van der Waals surface area contributed by atoms with Gasteiger partial charge in [0, 0.05) is 30.0 Å². The van der Waals surface area contributed by atoms with Crippen molar-refractivity contribution in [1.82, 2.24) is 15.2 Å². The van der Waals surface area contributed by atoms with Gasteiger partial charge in [0.1, 0.15) is 11.4 Å². The van der Waals surface area contributed by atoms with Crippen LogP contribution in [0.4, 0.5) is 11.5 Å². The van der Waals surface area contributed by atoms with Gasteiger partial charge >= 0.3 is 5.97 Å². The summed E-state index contributed by atoms with van der Waals surface area (Å²) in [7, 11) is 0. The van der Waals surface area contributed by atoms with E-state index in [4.69, 9.17) is 0 Å². The number of aryl methyl sites for hydroxylation is 1. The van der Waals surface area contributed by atoms with E-state index in [1.54, 1.807) is 43.5 Å². The second-order valence-electron chi connectivity index (χ2n) is 7.64. The van der Waals surface area contributed by atoms with Crippen LogP contribution in [0.2, 0.25) is 0 Å². The minimum atomic E-state index is -1.05. The molecule has 7 heteroatoms. The zero-order valence-electron chi connectivity index (χ0n) is 15.8. The fraction of sp³-hybridized carbons (Fsp3) is 0.381. The quantitative estimate of drug-likeness (QED) is 0.738. The van der Waals surface area contributed by atoms with Crippen LogP contribution >= 0.6 is 0 Å². The van der Waals surface area contributed by atoms with E-state index in [0.29, 0.717) is 17.2 Å². The lowest BCUT2D eigenvalue weighted by molar-refractivity contribution is 0.0620. The third-order valence-electron chi connectivity index (χ3n) is 5.61. The fourth-order valence-corrected chi connectivity index (χ4v) is 4.09. The Labute approximate surface area is 163 Å². The molecule has 0 radical (unpaired) electrons. The summed E-state index contributed by atoms with van der Waals surface area (Å²) in [5, 5.41) is 15.6. The molecule has 3 aliphatic rings. The Morgan fingerprint density at radius 2 is 2.00 bits per heavy atom. The highest BCUT2D eigenvalue weighted by atomic mass is 16.4. The second kappa shape index (κ2) is 7.59. The lowest BCUT2D eigenvalue weighted by atomic mass is 9.84. The molecule has 2 bridgehead atoms. The van der Waals surface area contributed by atoms with Crippen molar-refractivity contribution in [1.29, 1.82) is 0 Å². The average molecular weight is 380 g/mol. The number of nitrogens with one attached hydrogen (secondary N) is 2. The molecule has 0 saturated carbocycles. The van der Waals surface area contributed by atoms with Gasteiger partial charge in [-0.05, 0) is 68.6 Å². The molecule has 2 aromatic rings. The molecule has 28 heavy (non-hydrogen) atoms. The predicted octanol–water partition coefficient (Wildman–Crippen LogP) is 2.66. The number of carbonyl (C=O) groups is 2. The van der Waals surface area contributed by atoms with Gasteiger partial charge in [0.15, 0.2) is 0 Å². The first-order valence-corrected chi connectivity index (χ1v) is 9.60. The average Bonchev–Trinajstić information content (AvgIpc) is 2.70. The predicted molar refractivity (Wildman–Crippen MR) is 106 cm³/mol. The van der Waals surface area contributed by atoms with Gasteiger partial charge in [0.2, 0.25) is 0 Å². The van der Waals surface area contributed by atoms with Gasteiger partial charge in [0.05, 0.1) is 0 Å². The minimum absolute atomic E-state index is 0.0992. The molecule has 0 spiro atoms. The van der Waals surface area contributed by atoms with Crippen LogP contribution in [0.25, 0.3) is 0 Å². The molecule has 3 N–H and O–H groups in total. The third kappa shape index (κ3) is 3.84. The number of carbonyl (C=O) groups excluding carboxylic acids is 1. The molecule has 3 fully saturated rings. The maximum atomic E-state index is 12.7. The highest BCUT2D eigenvalue weighted by molar-refractivity contribution is 5.96. The lowest BCUT2D eigenvalue weighted by Gasteiger charge is -2.44. The first kappa shape index (κ1) is 18.4. The molecule has 3 aliphatic heterocycles. The molecule has 0 aliphatic carbocycles. The molecule has 4 heterocycles.